The third kappa shape index (κ3) is 3.04. The number of carbonyl (C=O) groups is 2. The van der Waals surface area contributed by atoms with E-state index in [2.05, 4.69) is 6.92 Å². The molecule has 1 aromatic rings. The second-order valence-corrected chi connectivity index (χ2v) is 6.31. The summed E-state index contributed by atoms with van der Waals surface area (Å²) in [6, 6.07) is 5.33. The molecule has 0 spiro atoms. The Hall–Kier alpha value is -1.75. The molecule has 1 unspecified atom stereocenters. The molecule has 0 aromatic heterocycles. The van der Waals surface area contributed by atoms with E-state index in [1.807, 2.05) is 4.90 Å². The van der Waals surface area contributed by atoms with Gasteiger partial charge < -0.3 is 14.5 Å². The number of amides is 1. The number of nitrogens with zero attached hydrogens (tertiary/aromatic N) is 2. The van der Waals surface area contributed by atoms with Gasteiger partial charge >= 0.3 is 5.97 Å². The predicted molar refractivity (Wildman–Crippen MR) is 84.3 cm³/mol. The molecule has 0 bridgehead atoms. The Morgan fingerprint density at radius 3 is 3.00 bits per heavy atom. The summed E-state index contributed by atoms with van der Waals surface area (Å²) in [6.45, 7) is 3.11. The van der Waals surface area contributed by atoms with Crippen LogP contribution in [-0.2, 0) is 9.59 Å². The Balaban J connectivity index is 1.79. The lowest BCUT2D eigenvalue weighted by Crippen LogP contribution is -2.49. The minimum atomic E-state index is -0.352. The maximum Gasteiger partial charge on any atom is 0.331 e. The zero-order chi connectivity index (χ0) is 15.7. The predicted octanol–water partition coefficient (Wildman–Crippen LogP) is 2.47. The molecule has 1 fully saturated rings. The summed E-state index contributed by atoms with van der Waals surface area (Å²) in [5.74, 6) is 0.155. The van der Waals surface area contributed by atoms with Crippen LogP contribution < -0.4 is 9.64 Å². The van der Waals surface area contributed by atoms with E-state index in [1.54, 1.807) is 23.1 Å². The largest absolute Gasteiger partial charge is 0.423 e. The maximum atomic E-state index is 12.6. The number of carbonyl (C=O) groups excluding carboxylic acids is 2. The number of piperidine rings is 1. The molecular formula is C16H19ClN2O3. The lowest BCUT2D eigenvalue weighted by Gasteiger charge is -2.36. The van der Waals surface area contributed by atoms with E-state index in [-0.39, 0.29) is 31.0 Å². The summed E-state index contributed by atoms with van der Waals surface area (Å²) in [4.78, 5) is 28.0. The zero-order valence-corrected chi connectivity index (χ0v) is 13.3. The van der Waals surface area contributed by atoms with Crippen LogP contribution in [0.1, 0.15) is 26.2 Å². The van der Waals surface area contributed by atoms with E-state index in [9.17, 15) is 9.59 Å². The molecule has 0 radical (unpaired) electrons. The Morgan fingerprint density at radius 1 is 1.41 bits per heavy atom. The minimum absolute atomic E-state index is 0.0489. The molecule has 1 amide bonds. The normalized spacial score (nSPS) is 21.4. The zero-order valence-electron chi connectivity index (χ0n) is 12.5. The number of rotatable bonds is 2. The fourth-order valence-corrected chi connectivity index (χ4v) is 3.25. The first-order chi connectivity index (χ1) is 10.5. The fraction of sp³-hybridized carbons (Fsp3) is 0.500. The van der Waals surface area contributed by atoms with E-state index in [0.717, 1.165) is 19.4 Å². The van der Waals surface area contributed by atoms with Crippen molar-refractivity contribution in [3.05, 3.63) is 23.2 Å². The van der Waals surface area contributed by atoms with Crippen LogP contribution in [0.4, 0.5) is 5.69 Å². The lowest BCUT2D eigenvalue weighted by molar-refractivity contribution is -0.134. The third-order valence-electron chi connectivity index (χ3n) is 4.25. The van der Waals surface area contributed by atoms with Crippen molar-refractivity contribution in [2.24, 2.45) is 0 Å². The summed E-state index contributed by atoms with van der Waals surface area (Å²) in [5, 5.41) is 0.556. The fourth-order valence-electron chi connectivity index (χ4n) is 3.08. The molecule has 1 saturated heterocycles. The van der Waals surface area contributed by atoms with Gasteiger partial charge in [-0.1, -0.05) is 11.6 Å². The highest BCUT2D eigenvalue weighted by atomic mass is 35.5. The minimum Gasteiger partial charge on any atom is -0.423 e. The van der Waals surface area contributed by atoms with Gasteiger partial charge in [-0.15, -0.1) is 0 Å². The first-order valence-electron chi connectivity index (χ1n) is 7.59. The van der Waals surface area contributed by atoms with Crippen LogP contribution in [0.3, 0.4) is 0 Å². The highest BCUT2D eigenvalue weighted by Gasteiger charge is 2.29. The first kappa shape index (κ1) is 15.2. The van der Waals surface area contributed by atoms with Gasteiger partial charge in [-0.25, -0.2) is 4.79 Å². The van der Waals surface area contributed by atoms with Gasteiger partial charge in [-0.3, -0.25) is 4.79 Å². The van der Waals surface area contributed by atoms with Crippen LogP contribution in [0, 0.1) is 0 Å². The second kappa shape index (κ2) is 6.16. The number of esters is 1. The Bertz CT molecular complexity index is 605. The number of fused-ring (bicyclic) bond motifs is 1. The molecule has 2 heterocycles. The molecule has 22 heavy (non-hydrogen) atoms. The summed E-state index contributed by atoms with van der Waals surface area (Å²) in [7, 11) is 0. The molecule has 1 atom stereocenters. The Morgan fingerprint density at radius 2 is 2.23 bits per heavy atom. The van der Waals surface area contributed by atoms with Crippen molar-refractivity contribution in [2.75, 3.05) is 24.5 Å². The van der Waals surface area contributed by atoms with Gasteiger partial charge in [-0.05, 0) is 44.4 Å². The van der Waals surface area contributed by atoms with Gasteiger partial charge in [0.05, 0.1) is 12.2 Å². The molecule has 1 aromatic carbocycles. The Kier molecular flexibility index (Phi) is 4.25. The molecule has 118 valence electrons. The molecule has 0 N–H and O–H groups in total. The van der Waals surface area contributed by atoms with Crippen molar-refractivity contribution in [3.63, 3.8) is 0 Å². The van der Waals surface area contributed by atoms with Crippen LogP contribution in [-0.4, -0.2) is 42.5 Å². The summed E-state index contributed by atoms with van der Waals surface area (Å²) in [5.41, 5.74) is 0.699. The van der Waals surface area contributed by atoms with Gasteiger partial charge in [0.1, 0.15) is 6.54 Å². The SMILES string of the molecule is CC1CCCCN1C(=O)CN1CC(=O)Oc2ccc(Cl)cc21. The van der Waals surface area contributed by atoms with Crippen molar-refractivity contribution in [1.29, 1.82) is 0 Å². The third-order valence-corrected chi connectivity index (χ3v) is 4.49. The highest BCUT2D eigenvalue weighted by molar-refractivity contribution is 6.31. The quantitative estimate of drug-likeness (QED) is 0.620. The molecular weight excluding hydrogens is 304 g/mol. The standard InChI is InChI=1S/C16H19ClN2O3/c1-11-4-2-3-7-19(11)15(20)9-18-10-16(21)22-14-6-5-12(17)8-13(14)18/h5-6,8,11H,2-4,7,9-10H2,1H3. The highest BCUT2D eigenvalue weighted by Crippen LogP contribution is 2.34. The van der Waals surface area contributed by atoms with E-state index >= 15 is 0 Å². The summed E-state index contributed by atoms with van der Waals surface area (Å²) < 4.78 is 5.20. The second-order valence-electron chi connectivity index (χ2n) is 5.87. The summed E-state index contributed by atoms with van der Waals surface area (Å²) in [6.07, 6.45) is 3.25. The maximum absolute atomic E-state index is 12.6. The van der Waals surface area contributed by atoms with Crippen LogP contribution >= 0.6 is 11.6 Å². The smallest absolute Gasteiger partial charge is 0.331 e. The van der Waals surface area contributed by atoms with Gasteiger partial charge in [-0.2, -0.15) is 0 Å². The van der Waals surface area contributed by atoms with Crippen LogP contribution in [0.15, 0.2) is 18.2 Å². The average Bonchev–Trinajstić information content (AvgIpc) is 2.48. The Labute approximate surface area is 134 Å². The lowest BCUT2D eigenvalue weighted by atomic mass is 10.0. The number of benzene rings is 1. The average molecular weight is 323 g/mol. The topological polar surface area (TPSA) is 49.9 Å². The van der Waals surface area contributed by atoms with E-state index in [1.165, 1.54) is 6.42 Å². The molecule has 2 aliphatic rings. The van der Waals surface area contributed by atoms with E-state index < -0.39 is 0 Å². The molecule has 3 rings (SSSR count). The first-order valence-corrected chi connectivity index (χ1v) is 7.97. The van der Waals surface area contributed by atoms with Crippen LogP contribution in [0.5, 0.6) is 5.75 Å². The van der Waals surface area contributed by atoms with Crippen molar-refractivity contribution in [2.45, 2.75) is 32.2 Å². The van der Waals surface area contributed by atoms with E-state index in [4.69, 9.17) is 16.3 Å². The number of halogens is 1. The molecule has 0 aliphatic carbocycles. The molecule has 0 saturated carbocycles. The van der Waals surface area contributed by atoms with Crippen molar-refractivity contribution in [1.82, 2.24) is 4.90 Å². The number of hydrogen-bond donors (Lipinski definition) is 0. The number of likely N-dealkylation sites (tertiary alicyclic amines) is 1. The molecule has 5 nitrogen and oxygen atoms in total. The summed E-state index contributed by atoms with van der Waals surface area (Å²) >= 11 is 6.02. The number of hydrogen-bond acceptors (Lipinski definition) is 4. The van der Waals surface area contributed by atoms with Crippen molar-refractivity contribution < 1.29 is 14.3 Å². The van der Waals surface area contributed by atoms with Crippen molar-refractivity contribution in [3.8, 4) is 5.75 Å². The monoisotopic (exact) mass is 322 g/mol. The number of anilines is 1. The number of ether oxygens (including phenoxy) is 1. The molecule has 6 heteroatoms. The molecule has 2 aliphatic heterocycles. The van der Waals surface area contributed by atoms with Crippen molar-refractivity contribution >= 4 is 29.2 Å². The van der Waals surface area contributed by atoms with Gasteiger partial charge in [0.2, 0.25) is 5.91 Å². The van der Waals surface area contributed by atoms with E-state index in [0.29, 0.717) is 16.5 Å². The van der Waals surface area contributed by atoms with Crippen LogP contribution in [0.2, 0.25) is 5.02 Å². The van der Waals surface area contributed by atoms with Gasteiger partial charge in [0.15, 0.2) is 5.75 Å². The van der Waals surface area contributed by atoms with Gasteiger partial charge in [0.25, 0.3) is 0 Å². The van der Waals surface area contributed by atoms with Gasteiger partial charge in [0, 0.05) is 17.6 Å². The van der Waals surface area contributed by atoms with Crippen LogP contribution in [0.25, 0.3) is 0 Å².